The van der Waals surface area contributed by atoms with Gasteiger partial charge in [-0.05, 0) is 24.3 Å². The highest BCUT2D eigenvalue weighted by Crippen LogP contribution is 2.26. The molecule has 1 amide bonds. The number of aliphatic hydroxyl groups excluding tert-OH is 4. The van der Waals surface area contributed by atoms with Crippen LogP contribution in [0.1, 0.15) is 34.6 Å². The van der Waals surface area contributed by atoms with E-state index in [2.05, 4.69) is 0 Å². The topological polar surface area (TPSA) is 206 Å². The lowest BCUT2D eigenvalue weighted by Gasteiger charge is -2.36. The molecule has 0 heterocycles. The van der Waals surface area contributed by atoms with Crippen molar-refractivity contribution in [1.29, 1.82) is 0 Å². The fraction of sp³-hybridized carbons (Fsp3) is 0.292. The van der Waals surface area contributed by atoms with E-state index in [1.54, 1.807) is 0 Å². The molecule has 2 aromatic carbocycles. The van der Waals surface area contributed by atoms with Crippen molar-refractivity contribution >= 4 is 30.1 Å². The second-order valence-corrected chi connectivity index (χ2v) is 7.62. The van der Waals surface area contributed by atoms with Gasteiger partial charge in [0.15, 0.2) is 6.29 Å². The van der Waals surface area contributed by atoms with E-state index in [0.717, 1.165) is 19.9 Å². The van der Waals surface area contributed by atoms with Crippen LogP contribution >= 0.6 is 0 Å². The molecule has 37 heavy (non-hydrogen) atoms. The van der Waals surface area contributed by atoms with Crippen LogP contribution in [0.5, 0.6) is 11.5 Å². The van der Waals surface area contributed by atoms with E-state index in [1.807, 2.05) is 5.32 Å². The molecule has 0 saturated heterocycles. The van der Waals surface area contributed by atoms with E-state index in [0.29, 0.717) is 0 Å². The van der Waals surface area contributed by atoms with Crippen molar-refractivity contribution in [1.82, 2.24) is 5.32 Å². The normalized spacial score (nSPS) is 14.8. The Bertz CT molecular complexity index is 1090. The number of nitrogens with one attached hydrogen (secondary N) is 1. The van der Waals surface area contributed by atoms with Crippen LogP contribution in [0.2, 0.25) is 0 Å². The summed E-state index contributed by atoms with van der Waals surface area (Å²) in [5, 5.41) is 41.9. The lowest BCUT2D eigenvalue weighted by Crippen LogP contribution is -2.65. The second kappa shape index (κ2) is 12.7. The number of amides is 1. The minimum Gasteiger partial charge on any atom is -0.426 e. The fourth-order valence-corrected chi connectivity index (χ4v) is 3.09. The van der Waals surface area contributed by atoms with Crippen molar-refractivity contribution in [3.05, 3.63) is 59.7 Å². The lowest BCUT2D eigenvalue weighted by atomic mass is 9.97. The van der Waals surface area contributed by atoms with Gasteiger partial charge in [-0.25, -0.2) is 4.79 Å². The molecule has 13 heteroatoms. The Balaban J connectivity index is 2.55. The Morgan fingerprint density at radius 1 is 0.892 bits per heavy atom. The Morgan fingerprint density at radius 3 is 1.86 bits per heavy atom. The van der Waals surface area contributed by atoms with E-state index in [9.17, 15) is 39.3 Å². The van der Waals surface area contributed by atoms with Crippen LogP contribution in [-0.2, 0) is 19.1 Å². The molecule has 0 fully saturated rings. The molecule has 0 radical (unpaired) electrons. The summed E-state index contributed by atoms with van der Waals surface area (Å²) in [5.74, 6) is -4.69. The zero-order valence-corrected chi connectivity index (χ0v) is 19.7. The number of carbonyl (C=O) groups excluding carboxylic acids is 5. The van der Waals surface area contributed by atoms with Crippen molar-refractivity contribution in [2.75, 3.05) is 6.61 Å². The third-order valence-electron chi connectivity index (χ3n) is 4.84. The highest BCUT2D eigenvalue weighted by molar-refractivity contribution is 6.00. The smallest absolute Gasteiger partial charge is 0.344 e. The van der Waals surface area contributed by atoms with Crippen molar-refractivity contribution in [2.45, 2.75) is 37.9 Å². The molecule has 0 aliphatic carbocycles. The lowest BCUT2D eigenvalue weighted by molar-refractivity contribution is -0.171. The first-order valence-electron chi connectivity index (χ1n) is 10.7. The maximum atomic E-state index is 13.1. The molecule has 198 valence electrons. The first-order chi connectivity index (χ1) is 17.5. The number of esters is 3. The SMILES string of the molecule is CC(=O)Oc1ccccc1C(=O)N[C@@](C=O)(OC(=O)c1ccccc1OC(C)=O)[C@H](O)[C@@H](O)[C@H](O)CO. The second-order valence-electron chi connectivity index (χ2n) is 7.62. The van der Waals surface area contributed by atoms with Crippen molar-refractivity contribution in [3.63, 3.8) is 0 Å². The van der Waals surface area contributed by atoms with E-state index < -0.39 is 60.0 Å². The first-order valence-corrected chi connectivity index (χ1v) is 10.7. The highest BCUT2D eigenvalue weighted by atomic mass is 16.6. The van der Waals surface area contributed by atoms with E-state index >= 15 is 0 Å². The molecule has 0 bridgehead atoms. The monoisotopic (exact) mass is 519 g/mol. The number of benzene rings is 2. The number of para-hydroxylation sites is 2. The van der Waals surface area contributed by atoms with Crippen LogP contribution in [0.3, 0.4) is 0 Å². The summed E-state index contributed by atoms with van der Waals surface area (Å²) < 4.78 is 15.0. The van der Waals surface area contributed by atoms with Gasteiger partial charge in [0.2, 0.25) is 0 Å². The van der Waals surface area contributed by atoms with Crippen LogP contribution < -0.4 is 14.8 Å². The molecule has 5 N–H and O–H groups in total. The quantitative estimate of drug-likeness (QED) is 0.106. The Kier molecular flexibility index (Phi) is 9.97. The number of aliphatic hydroxyl groups is 4. The summed E-state index contributed by atoms with van der Waals surface area (Å²) in [6.07, 6.45) is -7.08. The minimum atomic E-state index is -3.06. The number of rotatable bonds is 11. The maximum Gasteiger partial charge on any atom is 0.344 e. The summed E-state index contributed by atoms with van der Waals surface area (Å²) in [7, 11) is 0. The van der Waals surface area contributed by atoms with Crippen LogP contribution in [0.15, 0.2) is 48.5 Å². The summed E-state index contributed by atoms with van der Waals surface area (Å²) in [5.41, 5.74) is -3.79. The number of hydrogen-bond donors (Lipinski definition) is 5. The van der Waals surface area contributed by atoms with E-state index in [4.69, 9.17) is 19.3 Å². The predicted octanol–water partition coefficient (Wildman–Crippen LogP) is -0.906. The van der Waals surface area contributed by atoms with Gasteiger partial charge >= 0.3 is 17.9 Å². The Hall–Kier alpha value is -4.17. The molecule has 13 nitrogen and oxygen atoms in total. The van der Waals surface area contributed by atoms with Crippen LogP contribution in [0, 0.1) is 0 Å². The summed E-state index contributed by atoms with van der Waals surface area (Å²) >= 11 is 0. The molecule has 0 aliphatic heterocycles. The van der Waals surface area contributed by atoms with Gasteiger partial charge in [-0.3, -0.25) is 19.2 Å². The molecule has 0 aromatic heterocycles. The number of hydrogen-bond acceptors (Lipinski definition) is 12. The zero-order valence-electron chi connectivity index (χ0n) is 19.7. The van der Waals surface area contributed by atoms with Gasteiger partial charge in [0, 0.05) is 13.8 Å². The summed E-state index contributed by atoms with van der Waals surface area (Å²) in [6, 6.07) is 10.4. The average molecular weight is 519 g/mol. The molecule has 0 unspecified atom stereocenters. The molecule has 0 aliphatic rings. The van der Waals surface area contributed by atoms with Crippen LogP contribution in [0.25, 0.3) is 0 Å². The largest absolute Gasteiger partial charge is 0.426 e. The van der Waals surface area contributed by atoms with E-state index in [1.165, 1.54) is 42.5 Å². The van der Waals surface area contributed by atoms with Gasteiger partial charge in [-0.1, -0.05) is 24.3 Å². The van der Waals surface area contributed by atoms with Gasteiger partial charge < -0.3 is 40.0 Å². The maximum absolute atomic E-state index is 13.1. The minimum absolute atomic E-state index is 0.219. The van der Waals surface area contributed by atoms with Crippen LogP contribution in [0.4, 0.5) is 0 Å². The van der Waals surface area contributed by atoms with Crippen molar-refractivity contribution in [3.8, 4) is 11.5 Å². The molecule has 0 saturated carbocycles. The Morgan fingerprint density at radius 2 is 1.38 bits per heavy atom. The molecule has 4 atom stereocenters. The standard InChI is InChI=1S/C24H25NO12/c1-13(28)35-18-9-5-3-7-15(18)22(33)25-24(12-27,21(32)20(31)17(30)11-26)37-23(34)16-8-4-6-10-19(16)36-14(2)29/h3-10,12,17,20-21,26,30-32H,11H2,1-2H3,(H,25,33)/t17-,20+,21-,24+/m1/s1. The predicted molar refractivity (Wildman–Crippen MR) is 122 cm³/mol. The number of aldehydes is 1. The van der Waals surface area contributed by atoms with Crippen LogP contribution in [-0.4, -0.2) is 81.2 Å². The fourth-order valence-electron chi connectivity index (χ4n) is 3.09. The van der Waals surface area contributed by atoms with Gasteiger partial charge in [0.25, 0.3) is 11.6 Å². The number of carbonyl (C=O) groups is 5. The zero-order chi connectivity index (χ0) is 27.8. The molecular weight excluding hydrogens is 494 g/mol. The number of ether oxygens (including phenoxy) is 3. The highest BCUT2D eigenvalue weighted by Gasteiger charge is 2.49. The van der Waals surface area contributed by atoms with Crippen molar-refractivity contribution < 1.29 is 58.6 Å². The van der Waals surface area contributed by atoms with Gasteiger partial charge in [0.05, 0.1) is 12.2 Å². The summed E-state index contributed by atoms with van der Waals surface area (Å²) in [6.45, 7) is 1.07. The van der Waals surface area contributed by atoms with Crippen molar-refractivity contribution in [2.24, 2.45) is 0 Å². The third kappa shape index (κ3) is 7.17. The molecule has 2 aromatic rings. The molecule has 2 rings (SSSR count). The molecule has 0 spiro atoms. The van der Waals surface area contributed by atoms with Gasteiger partial charge in [-0.2, -0.15) is 0 Å². The first kappa shape index (κ1) is 29.1. The Labute approximate surface area is 210 Å². The van der Waals surface area contributed by atoms with Gasteiger partial charge in [-0.15, -0.1) is 0 Å². The third-order valence-corrected chi connectivity index (χ3v) is 4.84. The van der Waals surface area contributed by atoms with Gasteiger partial charge in [0.1, 0.15) is 35.4 Å². The van der Waals surface area contributed by atoms with E-state index in [-0.39, 0.29) is 23.3 Å². The summed E-state index contributed by atoms with van der Waals surface area (Å²) in [4.78, 5) is 61.2. The average Bonchev–Trinajstić information content (AvgIpc) is 2.86. The molecular formula is C24H25NO12.